The Morgan fingerprint density at radius 3 is 2.52 bits per heavy atom. The van der Waals surface area contributed by atoms with Gasteiger partial charge in [0, 0.05) is 20.1 Å². The molecule has 6 nitrogen and oxygen atoms in total. The van der Waals surface area contributed by atoms with Crippen molar-refractivity contribution in [2.75, 3.05) is 33.2 Å². The third-order valence-electron chi connectivity index (χ3n) is 6.72. The van der Waals surface area contributed by atoms with Crippen molar-refractivity contribution in [3.63, 3.8) is 0 Å². The Labute approximate surface area is 164 Å². The summed E-state index contributed by atoms with van der Waals surface area (Å²) in [5.74, 6) is 3.46. The zero-order chi connectivity index (χ0) is 19.3. The van der Waals surface area contributed by atoms with E-state index < -0.39 is 0 Å². The van der Waals surface area contributed by atoms with Gasteiger partial charge in [0.25, 0.3) is 0 Å². The summed E-state index contributed by atoms with van der Waals surface area (Å²) >= 11 is 0. The van der Waals surface area contributed by atoms with Crippen LogP contribution >= 0.6 is 0 Å². The van der Waals surface area contributed by atoms with Gasteiger partial charge in [-0.05, 0) is 70.4 Å². The Balaban J connectivity index is 1.35. The molecule has 152 valence electrons. The van der Waals surface area contributed by atoms with Crippen LogP contribution in [0.5, 0.6) is 0 Å². The largest absolute Gasteiger partial charge is 0.444 e. The molecule has 1 saturated heterocycles. The topological polar surface area (TPSA) is 65.7 Å². The van der Waals surface area contributed by atoms with Crippen molar-refractivity contribution >= 4 is 5.96 Å². The van der Waals surface area contributed by atoms with E-state index in [4.69, 9.17) is 4.42 Å². The van der Waals surface area contributed by atoms with Crippen LogP contribution in [0.4, 0.5) is 0 Å². The van der Waals surface area contributed by atoms with Gasteiger partial charge in [-0.15, -0.1) is 0 Å². The molecule has 6 heteroatoms. The zero-order valence-electron chi connectivity index (χ0n) is 17.6. The number of guanidine groups is 1. The van der Waals surface area contributed by atoms with Crippen LogP contribution in [0.1, 0.15) is 62.8 Å². The van der Waals surface area contributed by atoms with Crippen LogP contribution in [0.25, 0.3) is 0 Å². The number of rotatable bonds is 7. The Bertz CT molecular complexity index is 602. The molecule has 1 saturated carbocycles. The first-order valence-corrected chi connectivity index (χ1v) is 10.6. The highest BCUT2D eigenvalue weighted by Gasteiger charge is 2.35. The molecule has 3 rings (SSSR count). The van der Waals surface area contributed by atoms with Crippen LogP contribution in [-0.4, -0.2) is 49.1 Å². The molecule has 1 aliphatic carbocycles. The molecule has 1 aliphatic heterocycles. The number of aromatic nitrogens is 1. The number of nitrogens with zero attached hydrogens (tertiary/aromatic N) is 3. The predicted octanol–water partition coefficient (Wildman–Crippen LogP) is 3.25. The highest BCUT2D eigenvalue weighted by atomic mass is 16.4. The van der Waals surface area contributed by atoms with Crippen molar-refractivity contribution in [3.05, 3.63) is 17.3 Å². The maximum absolute atomic E-state index is 5.73. The first-order chi connectivity index (χ1) is 13.0. The van der Waals surface area contributed by atoms with Gasteiger partial charge in [0.15, 0.2) is 5.96 Å². The lowest BCUT2D eigenvalue weighted by molar-refractivity contribution is 0.131. The summed E-state index contributed by atoms with van der Waals surface area (Å²) in [5, 5.41) is 7.11. The minimum absolute atomic E-state index is 0.513. The molecular formula is C21H37N5O. The molecule has 2 heterocycles. The molecule has 0 aromatic carbocycles. The van der Waals surface area contributed by atoms with Crippen LogP contribution in [0.3, 0.4) is 0 Å². The summed E-state index contributed by atoms with van der Waals surface area (Å²) < 4.78 is 5.73. The molecule has 0 radical (unpaired) electrons. The Morgan fingerprint density at radius 1 is 1.26 bits per heavy atom. The molecule has 0 unspecified atom stereocenters. The molecule has 27 heavy (non-hydrogen) atoms. The second-order valence-corrected chi connectivity index (χ2v) is 8.48. The van der Waals surface area contributed by atoms with Crippen LogP contribution in [0, 0.1) is 25.2 Å². The summed E-state index contributed by atoms with van der Waals surface area (Å²) in [7, 11) is 1.87. The van der Waals surface area contributed by atoms with Crippen molar-refractivity contribution in [1.29, 1.82) is 0 Å². The van der Waals surface area contributed by atoms with Gasteiger partial charge in [0.05, 0.1) is 12.2 Å². The zero-order valence-corrected chi connectivity index (χ0v) is 17.6. The Kier molecular flexibility index (Phi) is 6.79. The number of piperidine rings is 1. The Morgan fingerprint density at radius 2 is 2.00 bits per heavy atom. The SMILES string of the molecule is CCC1(CNC(=NC)NCC2CCN(Cc3nc(C)c(C)o3)CC2)CCC1. The fourth-order valence-corrected chi connectivity index (χ4v) is 4.21. The van der Waals surface area contributed by atoms with E-state index in [1.54, 1.807) is 0 Å². The van der Waals surface area contributed by atoms with Crippen LogP contribution in [0.2, 0.25) is 0 Å². The molecule has 2 fully saturated rings. The van der Waals surface area contributed by atoms with Crippen molar-refractivity contribution in [1.82, 2.24) is 20.5 Å². The van der Waals surface area contributed by atoms with E-state index in [0.29, 0.717) is 11.3 Å². The van der Waals surface area contributed by atoms with Crippen molar-refractivity contribution in [2.45, 2.75) is 65.8 Å². The minimum Gasteiger partial charge on any atom is -0.444 e. The fourth-order valence-electron chi connectivity index (χ4n) is 4.21. The quantitative estimate of drug-likeness (QED) is 0.566. The van der Waals surface area contributed by atoms with Gasteiger partial charge in [-0.3, -0.25) is 9.89 Å². The second kappa shape index (κ2) is 9.09. The van der Waals surface area contributed by atoms with Crippen LogP contribution in [-0.2, 0) is 6.54 Å². The first-order valence-electron chi connectivity index (χ1n) is 10.6. The lowest BCUT2D eigenvalue weighted by atomic mass is 9.67. The average Bonchev–Trinajstić information content (AvgIpc) is 2.95. The summed E-state index contributed by atoms with van der Waals surface area (Å²) in [5.41, 5.74) is 1.52. The number of oxazole rings is 1. The van der Waals surface area contributed by atoms with Gasteiger partial charge >= 0.3 is 0 Å². The van der Waals surface area contributed by atoms with E-state index in [-0.39, 0.29) is 0 Å². The van der Waals surface area contributed by atoms with Crippen molar-refractivity contribution in [3.8, 4) is 0 Å². The fraction of sp³-hybridized carbons (Fsp3) is 0.810. The van der Waals surface area contributed by atoms with Gasteiger partial charge in [-0.25, -0.2) is 4.98 Å². The summed E-state index contributed by atoms with van der Waals surface area (Å²) in [4.78, 5) is 11.4. The van der Waals surface area contributed by atoms with E-state index in [1.807, 2.05) is 20.9 Å². The maximum atomic E-state index is 5.73. The molecule has 0 amide bonds. The number of hydrogen-bond acceptors (Lipinski definition) is 4. The van der Waals surface area contributed by atoms with Gasteiger partial charge in [-0.1, -0.05) is 13.3 Å². The summed E-state index contributed by atoms with van der Waals surface area (Å²) in [6.07, 6.45) is 7.78. The molecule has 0 bridgehead atoms. The Hall–Kier alpha value is -1.56. The van der Waals surface area contributed by atoms with Gasteiger partial charge in [-0.2, -0.15) is 0 Å². The third-order valence-corrected chi connectivity index (χ3v) is 6.72. The van der Waals surface area contributed by atoms with Crippen molar-refractivity contribution < 1.29 is 4.42 Å². The molecule has 1 aromatic heterocycles. The first kappa shape index (κ1) is 20.2. The van der Waals surface area contributed by atoms with E-state index in [2.05, 4.69) is 32.4 Å². The minimum atomic E-state index is 0.513. The lowest BCUT2D eigenvalue weighted by Crippen LogP contribution is -2.47. The molecule has 1 aromatic rings. The highest BCUT2D eigenvalue weighted by Crippen LogP contribution is 2.42. The van der Waals surface area contributed by atoms with Crippen molar-refractivity contribution in [2.24, 2.45) is 16.3 Å². The van der Waals surface area contributed by atoms with E-state index in [9.17, 15) is 0 Å². The average molecular weight is 376 g/mol. The monoisotopic (exact) mass is 375 g/mol. The smallest absolute Gasteiger partial charge is 0.208 e. The molecule has 0 spiro atoms. The van der Waals surface area contributed by atoms with E-state index >= 15 is 0 Å². The maximum Gasteiger partial charge on any atom is 0.208 e. The summed E-state index contributed by atoms with van der Waals surface area (Å²) in [6, 6.07) is 0. The summed E-state index contributed by atoms with van der Waals surface area (Å²) in [6.45, 7) is 11.4. The predicted molar refractivity (Wildman–Crippen MR) is 110 cm³/mol. The van der Waals surface area contributed by atoms with E-state index in [1.165, 1.54) is 38.5 Å². The normalized spacial score (nSPS) is 21.1. The molecule has 2 N–H and O–H groups in total. The lowest BCUT2D eigenvalue weighted by Gasteiger charge is -2.41. The molecule has 0 atom stereocenters. The highest BCUT2D eigenvalue weighted by molar-refractivity contribution is 5.79. The number of aryl methyl sites for hydroxylation is 2. The molecule has 2 aliphatic rings. The van der Waals surface area contributed by atoms with Gasteiger partial charge < -0.3 is 15.1 Å². The second-order valence-electron chi connectivity index (χ2n) is 8.48. The van der Waals surface area contributed by atoms with Crippen LogP contribution < -0.4 is 10.6 Å². The standard InChI is InChI=1S/C21H37N5O/c1-5-21(9-6-10-21)15-24-20(22-4)23-13-18-7-11-26(12-8-18)14-19-25-16(2)17(3)27-19/h18H,5-15H2,1-4H3,(H2,22,23,24). The molecular weight excluding hydrogens is 338 g/mol. The van der Waals surface area contributed by atoms with Crippen LogP contribution in [0.15, 0.2) is 9.41 Å². The number of hydrogen-bond donors (Lipinski definition) is 2. The number of aliphatic imine (C=N–C) groups is 1. The number of likely N-dealkylation sites (tertiary alicyclic amines) is 1. The third kappa shape index (κ3) is 5.24. The van der Waals surface area contributed by atoms with Gasteiger partial charge in [0.2, 0.25) is 5.89 Å². The van der Waals surface area contributed by atoms with E-state index in [0.717, 1.165) is 56.0 Å². The number of nitrogens with one attached hydrogen (secondary N) is 2. The van der Waals surface area contributed by atoms with Gasteiger partial charge in [0.1, 0.15) is 5.76 Å².